The van der Waals surface area contributed by atoms with Crippen LogP contribution >= 0.6 is 0 Å². The number of carbonyl (C=O) groups is 1. The number of nitrogens with one attached hydrogen (secondary N) is 1. The van der Waals surface area contributed by atoms with Gasteiger partial charge >= 0.3 is 6.03 Å². The van der Waals surface area contributed by atoms with Gasteiger partial charge in [-0.3, -0.25) is 0 Å². The molecule has 2 aromatic rings. The van der Waals surface area contributed by atoms with Crippen LogP contribution in [0.4, 0.5) is 16.2 Å². The average molecular weight is 325 g/mol. The molecule has 0 aliphatic carbocycles. The number of carbonyl (C=O) groups excluding carboxylic acids is 1. The van der Waals surface area contributed by atoms with Gasteiger partial charge in [-0.2, -0.15) is 0 Å². The number of urea groups is 1. The highest BCUT2D eigenvalue weighted by molar-refractivity contribution is 5.90. The van der Waals surface area contributed by atoms with Gasteiger partial charge in [0.05, 0.1) is 13.2 Å². The first-order valence-electron chi connectivity index (χ1n) is 8.23. The van der Waals surface area contributed by atoms with Gasteiger partial charge in [0.2, 0.25) is 0 Å². The number of rotatable bonds is 5. The fourth-order valence-electron chi connectivity index (χ4n) is 2.97. The molecule has 1 N–H and O–H groups in total. The minimum Gasteiger partial charge on any atom is -0.497 e. The van der Waals surface area contributed by atoms with E-state index >= 15 is 0 Å². The second kappa shape index (κ2) is 7.25. The zero-order chi connectivity index (χ0) is 16.9. The standard InChI is InChI=1S/C19H23N3O2/c1-3-22(16-7-5-4-6-8-16)17-13-21(14-17)19(23)20-15-9-11-18(24-2)12-10-15/h4-12,17H,3,13-14H2,1-2H3,(H,20,23). The van der Waals surface area contributed by atoms with E-state index in [1.807, 2.05) is 47.4 Å². The number of anilines is 2. The third-order valence-electron chi connectivity index (χ3n) is 4.36. The van der Waals surface area contributed by atoms with Crippen molar-refractivity contribution in [3.63, 3.8) is 0 Å². The Balaban J connectivity index is 1.54. The normalized spacial score (nSPS) is 14.0. The van der Waals surface area contributed by atoms with E-state index in [9.17, 15) is 4.79 Å². The van der Waals surface area contributed by atoms with Gasteiger partial charge in [0.15, 0.2) is 0 Å². The molecule has 0 bridgehead atoms. The van der Waals surface area contributed by atoms with E-state index in [0.717, 1.165) is 31.1 Å². The molecule has 5 heteroatoms. The van der Waals surface area contributed by atoms with Crippen LogP contribution in [0, 0.1) is 0 Å². The van der Waals surface area contributed by atoms with Gasteiger partial charge in [0, 0.05) is 31.0 Å². The monoisotopic (exact) mass is 325 g/mol. The molecule has 5 nitrogen and oxygen atoms in total. The predicted molar refractivity (Wildman–Crippen MR) is 96.8 cm³/mol. The molecule has 1 fully saturated rings. The molecule has 0 saturated carbocycles. The molecule has 0 unspecified atom stereocenters. The van der Waals surface area contributed by atoms with E-state index in [1.165, 1.54) is 5.69 Å². The Morgan fingerprint density at radius 1 is 1.17 bits per heavy atom. The molecular formula is C19H23N3O2. The Hall–Kier alpha value is -2.69. The molecule has 0 radical (unpaired) electrons. The van der Waals surface area contributed by atoms with E-state index in [0.29, 0.717) is 6.04 Å². The van der Waals surface area contributed by atoms with Crippen LogP contribution in [0.5, 0.6) is 5.75 Å². The summed E-state index contributed by atoms with van der Waals surface area (Å²) in [5.74, 6) is 0.776. The van der Waals surface area contributed by atoms with Crippen LogP contribution in [0.2, 0.25) is 0 Å². The Labute approximate surface area is 142 Å². The Morgan fingerprint density at radius 3 is 2.42 bits per heavy atom. The second-order valence-electron chi connectivity index (χ2n) is 5.84. The maximum atomic E-state index is 12.3. The molecule has 1 aliphatic heterocycles. The molecule has 0 aromatic heterocycles. The molecule has 24 heavy (non-hydrogen) atoms. The molecule has 2 amide bonds. The predicted octanol–water partition coefficient (Wildman–Crippen LogP) is 3.44. The highest BCUT2D eigenvalue weighted by atomic mass is 16.5. The topological polar surface area (TPSA) is 44.8 Å². The Kier molecular flexibility index (Phi) is 4.89. The van der Waals surface area contributed by atoms with Crippen LogP contribution in [-0.2, 0) is 0 Å². The van der Waals surface area contributed by atoms with Crippen molar-refractivity contribution in [2.75, 3.05) is 37.0 Å². The zero-order valence-electron chi connectivity index (χ0n) is 14.1. The van der Waals surface area contributed by atoms with Crippen molar-refractivity contribution in [2.45, 2.75) is 13.0 Å². The van der Waals surface area contributed by atoms with Crippen LogP contribution in [0.15, 0.2) is 54.6 Å². The lowest BCUT2D eigenvalue weighted by Gasteiger charge is -2.46. The van der Waals surface area contributed by atoms with Crippen molar-refractivity contribution >= 4 is 17.4 Å². The summed E-state index contributed by atoms with van der Waals surface area (Å²) in [5, 5.41) is 2.93. The summed E-state index contributed by atoms with van der Waals surface area (Å²) in [5.41, 5.74) is 1.99. The number of likely N-dealkylation sites (N-methyl/N-ethyl adjacent to an activating group) is 1. The Morgan fingerprint density at radius 2 is 1.83 bits per heavy atom. The van der Waals surface area contributed by atoms with E-state index in [-0.39, 0.29) is 6.03 Å². The van der Waals surface area contributed by atoms with Crippen LogP contribution < -0.4 is 15.0 Å². The molecule has 2 aromatic carbocycles. The molecule has 0 atom stereocenters. The summed E-state index contributed by atoms with van der Waals surface area (Å²) in [6, 6.07) is 18.0. The second-order valence-corrected chi connectivity index (χ2v) is 5.84. The highest BCUT2D eigenvalue weighted by Gasteiger charge is 2.34. The van der Waals surface area contributed by atoms with Crippen molar-refractivity contribution < 1.29 is 9.53 Å². The number of para-hydroxylation sites is 1. The van der Waals surface area contributed by atoms with Gasteiger partial charge in [0.25, 0.3) is 0 Å². The van der Waals surface area contributed by atoms with Crippen molar-refractivity contribution in [1.82, 2.24) is 4.90 Å². The van der Waals surface area contributed by atoms with Crippen molar-refractivity contribution in [3.05, 3.63) is 54.6 Å². The summed E-state index contributed by atoms with van der Waals surface area (Å²) >= 11 is 0. The van der Waals surface area contributed by atoms with Crippen LogP contribution in [0.3, 0.4) is 0 Å². The smallest absolute Gasteiger partial charge is 0.321 e. The number of amides is 2. The fraction of sp³-hybridized carbons (Fsp3) is 0.316. The first-order chi connectivity index (χ1) is 11.7. The number of hydrogen-bond acceptors (Lipinski definition) is 3. The largest absolute Gasteiger partial charge is 0.497 e. The summed E-state index contributed by atoms with van der Waals surface area (Å²) in [6.45, 7) is 4.56. The lowest BCUT2D eigenvalue weighted by molar-refractivity contribution is 0.161. The SMILES string of the molecule is CCN(c1ccccc1)C1CN(C(=O)Nc2ccc(OC)cc2)C1. The third-order valence-corrected chi connectivity index (χ3v) is 4.36. The van der Waals surface area contributed by atoms with Crippen molar-refractivity contribution in [2.24, 2.45) is 0 Å². The molecule has 126 valence electrons. The van der Waals surface area contributed by atoms with Gasteiger partial charge in [-0.1, -0.05) is 18.2 Å². The summed E-state index contributed by atoms with van der Waals surface area (Å²) < 4.78 is 5.12. The molecule has 0 spiro atoms. The number of likely N-dealkylation sites (tertiary alicyclic amines) is 1. The minimum absolute atomic E-state index is 0.0551. The minimum atomic E-state index is -0.0551. The van der Waals surface area contributed by atoms with Crippen molar-refractivity contribution in [3.8, 4) is 5.75 Å². The van der Waals surface area contributed by atoms with Gasteiger partial charge in [-0.15, -0.1) is 0 Å². The quantitative estimate of drug-likeness (QED) is 0.916. The number of ether oxygens (including phenoxy) is 1. The van der Waals surface area contributed by atoms with Crippen molar-refractivity contribution in [1.29, 1.82) is 0 Å². The first kappa shape index (κ1) is 16.2. The van der Waals surface area contributed by atoms with Crippen LogP contribution in [-0.4, -0.2) is 43.7 Å². The number of benzene rings is 2. The van der Waals surface area contributed by atoms with E-state index in [4.69, 9.17) is 4.74 Å². The lowest BCUT2D eigenvalue weighted by Crippen LogP contribution is -2.62. The molecule has 3 rings (SSSR count). The number of nitrogens with zero attached hydrogens (tertiary/aromatic N) is 2. The average Bonchev–Trinajstić information content (AvgIpc) is 2.59. The molecular weight excluding hydrogens is 302 g/mol. The summed E-state index contributed by atoms with van der Waals surface area (Å²) in [4.78, 5) is 16.5. The molecule has 1 aliphatic rings. The Bertz CT molecular complexity index is 667. The summed E-state index contributed by atoms with van der Waals surface area (Å²) in [7, 11) is 1.63. The number of methoxy groups -OCH3 is 1. The van der Waals surface area contributed by atoms with Crippen LogP contribution in [0.1, 0.15) is 6.92 Å². The number of hydrogen-bond donors (Lipinski definition) is 1. The first-order valence-corrected chi connectivity index (χ1v) is 8.23. The van der Waals surface area contributed by atoms with E-state index in [2.05, 4.69) is 29.3 Å². The summed E-state index contributed by atoms with van der Waals surface area (Å²) in [6.07, 6.45) is 0. The highest BCUT2D eigenvalue weighted by Crippen LogP contribution is 2.23. The third kappa shape index (κ3) is 3.45. The van der Waals surface area contributed by atoms with E-state index in [1.54, 1.807) is 7.11 Å². The molecule has 1 saturated heterocycles. The van der Waals surface area contributed by atoms with Crippen LogP contribution in [0.25, 0.3) is 0 Å². The fourth-order valence-corrected chi connectivity index (χ4v) is 2.97. The maximum absolute atomic E-state index is 12.3. The zero-order valence-corrected chi connectivity index (χ0v) is 14.1. The van der Waals surface area contributed by atoms with Gasteiger partial charge < -0.3 is 19.9 Å². The van der Waals surface area contributed by atoms with E-state index < -0.39 is 0 Å². The van der Waals surface area contributed by atoms with Gasteiger partial charge in [-0.05, 0) is 43.3 Å². The van der Waals surface area contributed by atoms with Gasteiger partial charge in [-0.25, -0.2) is 4.79 Å². The molecule has 1 heterocycles. The maximum Gasteiger partial charge on any atom is 0.321 e. The lowest BCUT2D eigenvalue weighted by atomic mass is 10.1. The van der Waals surface area contributed by atoms with Gasteiger partial charge in [0.1, 0.15) is 5.75 Å².